The van der Waals surface area contributed by atoms with E-state index in [4.69, 9.17) is 4.74 Å². The van der Waals surface area contributed by atoms with Gasteiger partial charge in [0.15, 0.2) is 0 Å². The summed E-state index contributed by atoms with van der Waals surface area (Å²) < 4.78 is 75.9. The Hall–Kier alpha value is -4.42. The number of hydrogen-bond donors (Lipinski definition) is 1. The molecule has 2 amide bonds. The summed E-state index contributed by atoms with van der Waals surface area (Å²) in [6.07, 6.45) is -1.63. The summed E-state index contributed by atoms with van der Waals surface area (Å²) in [6.45, 7) is -4.32. The van der Waals surface area contributed by atoms with Crippen LogP contribution in [0.5, 0.6) is 11.5 Å². The molecule has 1 N–H and O–H groups in total. The number of halogens is 5. The fourth-order valence-electron chi connectivity index (χ4n) is 4.60. The van der Waals surface area contributed by atoms with Gasteiger partial charge in [0, 0.05) is 36.8 Å². The van der Waals surface area contributed by atoms with Crippen molar-refractivity contribution in [2.45, 2.75) is 25.5 Å². The maximum absolute atomic E-state index is 15.1. The smallest absolute Gasteiger partial charge is 0.387 e. The first-order chi connectivity index (χ1) is 19.1. The zero-order chi connectivity index (χ0) is 29.0. The van der Waals surface area contributed by atoms with Crippen LogP contribution in [0.1, 0.15) is 21.8 Å². The van der Waals surface area contributed by atoms with Crippen LogP contribution in [0.3, 0.4) is 0 Å². The van der Waals surface area contributed by atoms with E-state index in [1.54, 1.807) is 0 Å². The quantitative estimate of drug-likeness (QED) is 0.375. The molecule has 1 aliphatic heterocycles. The number of alkyl halides is 4. The van der Waals surface area contributed by atoms with Crippen LogP contribution in [0, 0.1) is 11.7 Å². The number of benzene rings is 2. The molecule has 2 atom stereocenters. The molecule has 13 heteroatoms. The fraction of sp³-hybridized carbons (Fsp3) is 0.296. The normalized spacial score (nSPS) is 17.0. The van der Waals surface area contributed by atoms with Gasteiger partial charge in [0.05, 0.1) is 19.6 Å². The van der Waals surface area contributed by atoms with Gasteiger partial charge in [-0.2, -0.15) is 8.78 Å². The number of rotatable bonds is 10. The number of anilines is 1. The van der Waals surface area contributed by atoms with E-state index in [9.17, 15) is 31.9 Å². The Morgan fingerprint density at radius 3 is 2.38 bits per heavy atom. The molecule has 1 saturated heterocycles. The van der Waals surface area contributed by atoms with E-state index in [2.05, 4.69) is 10.1 Å². The summed E-state index contributed by atoms with van der Waals surface area (Å²) in [4.78, 5) is 40.3. The van der Waals surface area contributed by atoms with Gasteiger partial charge in [0.1, 0.15) is 23.0 Å². The first-order valence-electron chi connectivity index (χ1n) is 12.0. The molecule has 1 aromatic heterocycles. The van der Waals surface area contributed by atoms with Crippen molar-refractivity contribution < 1.29 is 41.0 Å². The SMILES string of the molecule is COc1ccc([C@@H]2CN(c3cccn(CC(F)F)c3=O)C(=O)C2CNC(=O)c2ccc(OC(F)F)cc2)c(F)c1. The number of nitrogens with zero attached hydrogens (tertiary/aromatic N) is 2. The van der Waals surface area contributed by atoms with Gasteiger partial charge in [-0.05, 0) is 48.0 Å². The first kappa shape index (κ1) is 28.6. The predicted molar refractivity (Wildman–Crippen MR) is 134 cm³/mol. The van der Waals surface area contributed by atoms with Gasteiger partial charge in [-0.1, -0.05) is 6.07 Å². The molecule has 212 valence electrons. The van der Waals surface area contributed by atoms with Crippen molar-refractivity contribution in [1.82, 2.24) is 9.88 Å². The number of ether oxygens (including phenoxy) is 2. The van der Waals surface area contributed by atoms with Crippen LogP contribution in [0.2, 0.25) is 0 Å². The molecule has 0 spiro atoms. The van der Waals surface area contributed by atoms with E-state index in [-0.39, 0.29) is 41.4 Å². The molecule has 1 unspecified atom stereocenters. The van der Waals surface area contributed by atoms with Crippen molar-refractivity contribution in [2.75, 3.05) is 25.1 Å². The zero-order valence-electron chi connectivity index (χ0n) is 21.0. The highest BCUT2D eigenvalue weighted by Gasteiger charge is 2.43. The largest absolute Gasteiger partial charge is 0.497 e. The number of methoxy groups -OCH3 is 1. The van der Waals surface area contributed by atoms with Crippen molar-refractivity contribution in [3.05, 3.63) is 88.1 Å². The van der Waals surface area contributed by atoms with Crippen molar-refractivity contribution in [3.8, 4) is 11.5 Å². The number of hydrogen-bond acceptors (Lipinski definition) is 5. The lowest BCUT2D eigenvalue weighted by molar-refractivity contribution is -0.120. The highest BCUT2D eigenvalue weighted by Crippen LogP contribution is 2.37. The second kappa shape index (κ2) is 12.2. The van der Waals surface area contributed by atoms with E-state index < -0.39 is 54.6 Å². The van der Waals surface area contributed by atoms with Crippen molar-refractivity contribution in [3.63, 3.8) is 0 Å². The molecule has 0 saturated carbocycles. The molecular formula is C27H24F5N3O5. The average molecular weight is 565 g/mol. The number of pyridine rings is 1. The number of amides is 2. The fourth-order valence-corrected chi connectivity index (χ4v) is 4.60. The molecule has 3 aromatic rings. The molecular weight excluding hydrogens is 541 g/mol. The third kappa shape index (κ3) is 6.24. The van der Waals surface area contributed by atoms with Crippen LogP contribution in [-0.2, 0) is 11.3 Å². The summed E-state index contributed by atoms with van der Waals surface area (Å²) in [7, 11) is 1.36. The minimum absolute atomic E-state index is 0.0917. The summed E-state index contributed by atoms with van der Waals surface area (Å²) in [5.41, 5.74) is -0.751. The predicted octanol–water partition coefficient (Wildman–Crippen LogP) is 4.04. The number of carbonyl (C=O) groups excluding carboxylic acids is 2. The van der Waals surface area contributed by atoms with E-state index >= 15 is 4.39 Å². The van der Waals surface area contributed by atoms with Crippen LogP contribution in [0.15, 0.2) is 65.6 Å². The minimum Gasteiger partial charge on any atom is -0.497 e. The van der Waals surface area contributed by atoms with Crippen LogP contribution in [-0.4, -0.2) is 49.6 Å². The Labute approximate surface area is 224 Å². The van der Waals surface area contributed by atoms with E-state index in [1.807, 2.05) is 0 Å². The van der Waals surface area contributed by atoms with Crippen molar-refractivity contribution in [2.24, 2.45) is 5.92 Å². The molecule has 1 fully saturated rings. The average Bonchev–Trinajstić information content (AvgIpc) is 3.23. The number of aromatic nitrogens is 1. The van der Waals surface area contributed by atoms with Gasteiger partial charge in [0.2, 0.25) is 5.91 Å². The summed E-state index contributed by atoms with van der Waals surface area (Å²) in [5.74, 6) is -3.70. The number of nitrogens with one attached hydrogen (secondary N) is 1. The van der Waals surface area contributed by atoms with E-state index in [0.717, 1.165) is 15.5 Å². The Morgan fingerprint density at radius 1 is 1.05 bits per heavy atom. The second-order valence-corrected chi connectivity index (χ2v) is 8.90. The van der Waals surface area contributed by atoms with Crippen LogP contribution < -0.4 is 25.2 Å². The molecule has 0 bridgehead atoms. The minimum atomic E-state index is -3.03. The second-order valence-electron chi connectivity index (χ2n) is 8.90. The van der Waals surface area contributed by atoms with E-state index in [0.29, 0.717) is 0 Å². The summed E-state index contributed by atoms with van der Waals surface area (Å²) in [5, 5.41) is 2.59. The van der Waals surface area contributed by atoms with Gasteiger partial charge < -0.3 is 24.3 Å². The van der Waals surface area contributed by atoms with Crippen molar-refractivity contribution >= 4 is 17.5 Å². The van der Waals surface area contributed by atoms with Crippen LogP contribution in [0.25, 0.3) is 0 Å². The van der Waals surface area contributed by atoms with Gasteiger partial charge in [-0.15, -0.1) is 0 Å². The van der Waals surface area contributed by atoms with E-state index in [1.165, 1.54) is 61.8 Å². The lowest BCUT2D eigenvalue weighted by atomic mass is 9.88. The molecule has 8 nitrogen and oxygen atoms in total. The van der Waals surface area contributed by atoms with Crippen LogP contribution >= 0.6 is 0 Å². The standard InChI is InChI=1S/C27H24F5N3O5/c1-39-17-8-9-18(21(28)11-17)20-13-35(22-3-2-10-34(26(22)38)14-23(29)30)25(37)19(20)12-33-24(36)15-4-6-16(7-5-15)40-27(31)32/h2-11,19-20,23,27H,12-14H2,1H3,(H,33,36)/t19?,20-/m0/s1. The summed E-state index contributed by atoms with van der Waals surface area (Å²) in [6, 6.07) is 11.6. The topological polar surface area (TPSA) is 89.9 Å². The Balaban J connectivity index is 1.62. The third-order valence-corrected chi connectivity index (χ3v) is 6.51. The Kier molecular flexibility index (Phi) is 8.70. The molecule has 40 heavy (non-hydrogen) atoms. The lowest BCUT2D eigenvalue weighted by Gasteiger charge is -2.18. The lowest BCUT2D eigenvalue weighted by Crippen LogP contribution is -2.38. The third-order valence-electron chi connectivity index (χ3n) is 6.51. The molecule has 4 rings (SSSR count). The maximum Gasteiger partial charge on any atom is 0.387 e. The first-order valence-corrected chi connectivity index (χ1v) is 12.0. The summed E-state index contributed by atoms with van der Waals surface area (Å²) >= 11 is 0. The van der Waals surface area contributed by atoms with Gasteiger partial charge in [0.25, 0.3) is 17.9 Å². The van der Waals surface area contributed by atoms with Gasteiger partial charge in [-0.25, -0.2) is 13.2 Å². The van der Waals surface area contributed by atoms with Gasteiger partial charge in [-0.3, -0.25) is 14.4 Å². The monoisotopic (exact) mass is 565 g/mol. The molecule has 2 aromatic carbocycles. The molecule has 0 radical (unpaired) electrons. The zero-order valence-corrected chi connectivity index (χ0v) is 21.0. The molecule has 1 aliphatic rings. The highest BCUT2D eigenvalue weighted by atomic mass is 19.3. The number of carbonyl (C=O) groups is 2. The molecule has 0 aliphatic carbocycles. The van der Waals surface area contributed by atoms with Crippen molar-refractivity contribution in [1.29, 1.82) is 0 Å². The van der Waals surface area contributed by atoms with Crippen LogP contribution in [0.4, 0.5) is 27.6 Å². The van der Waals surface area contributed by atoms with Gasteiger partial charge >= 0.3 is 6.61 Å². The maximum atomic E-state index is 15.1. The highest BCUT2D eigenvalue weighted by molar-refractivity contribution is 5.99. The Bertz CT molecular complexity index is 1430. The Morgan fingerprint density at radius 2 is 1.75 bits per heavy atom. The molecule has 2 heterocycles.